The lowest BCUT2D eigenvalue weighted by molar-refractivity contribution is 0.623. The monoisotopic (exact) mass is 924 g/mol. The predicted molar refractivity (Wildman–Crippen MR) is 309 cm³/mol. The third kappa shape index (κ3) is 5.94. The van der Waals surface area contributed by atoms with Crippen LogP contribution >= 0.6 is 0 Å². The summed E-state index contributed by atoms with van der Waals surface area (Å²) in [4.78, 5) is 10.9. The number of rotatable bonds is 4. The number of benzene rings is 14. The SMILES string of the molecule is c1ccc2c(c1)c(-c1ccc3c4ccccc4c4ccccc4c3c1)cc1c(-c3ccc(-c4nc5c6ccccc6c6ccccc6c5o4)cc3)cc(-c3ccc4c5ccccc5c5ccccc5c4c3)nc12. The zero-order valence-corrected chi connectivity index (χ0v) is 39.4. The molecule has 2 aromatic heterocycles. The molecule has 0 saturated heterocycles. The van der Waals surface area contributed by atoms with Crippen molar-refractivity contribution in [3.05, 3.63) is 243 Å². The third-order valence-corrected chi connectivity index (χ3v) is 15.6. The van der Waals surface area contributed by atoms with Crippen molar-refractivity contribution < 1.29 is 4.42 Å². The van der Waals surface area contributed by atoms with E-state index in [0.717, 1.165) is 76.9 Å². The van der Waals surface area contributed by atoms with E-state index in [0.29, 0.717) is 5.89 Å². The second-order valence-corrected chi connectivity index (χ2v) is 19.5. The van der Waals surface area contributed by atoms with Crippen LogP contribution in [0.4, 0.5) is 0 Å². The van der Waals surface area contributed by atoms with E-state index in [4.69, 9.17) is 14.4 Å². The van der Waals surface area contributed by atoms with Gasteiger partial charge in [-0.1, -0.05) is 206 Å². The average molecular weight is 925 g/mol. The van der Waals surface area contributed by atoms with Gasteiger partial charge >= 0.3 is 0 Å². The van der Waals surface area contributed by atoms with E-state index < -0.39 is 0 Å². The molecule has 3 nitrogen and oxygen atoms in total. The molecule has 0 aliphatic carbocycles. The molecule has 16 rings (SSSR count). The quantitative estimate of drug-likeness (QED) is 0.165. The van der Waals surface area contributed by atoms with Crippen LogP contribution in [0.1, 0.15) is 0 Å². The number of fused-ring (bicyclic) bond motifs is 21. The van der Waals surface area contributed by atoms with Gasteiger partial charge in [-0.25, -0.2) is 9.97 Å². The fraction of sp³-hybridized carbons (Fsp3) is 0. The molecule has 0 spiro atoms. The van der Waals surface area contributed by atoms with Gasteiger partial charge in [-0.05, 0) is 139 Å². The van der Waals surface area contributed by atoms with Gasteiger partial charge in [0.15, 0.2) is 5.58 Å². The minimum absolute atomic E-state index is 0.601. The first-order valence-corrected chi connectivity index (χ1v) is 25.0. The second kappa shape index (κ2) is 15.4. The molecule has 0 fully saturated rings. The summed E-state index contributed by atoms with van der Waals surface area (Å²) in [5.74, 6) is 0.601. The second-order valence-electron chi connectivity index (χ2n) is 19.5. The van der Waals surface area contributed by atoms with E-state index in [2.05, 4.69) is 243 Å². The topological polar surface area (TPSA) is 38.9 Å². The summed E-state index contributed by atoms with van der Waals surface area (Å²) in [6.45, 7) is 0. The van der Waals surface area contributed by atoms with Gasteiger partial charge in [-0.3, -0.25) is 0 Å². The van der Waals surface area contributed by atoms with Crippen molar-refractivity contribution in [1.29, 1.82) is 0 Å². The zero-order chi connectivity index (χ0) is 47.7. The maximum absolute atomic E-state index is 6.73. The van der Waals surface area contributed by atoms with Crippen molar-refractivity contribution in [3.8, 4) is 45.0 Å². The maximum Gasteiger partial charge on any atom is 0.227 e. The Bertz CT molecular complexity index is 4880. The van der Waals surface area contributed by atoms with Crippen molar-refractivity contribution in [2.45, 2.75) is 0 Å². The van der Waals surface area contributed by atoms with Crippen LogP contribution in [0.3, 0.4) is 0 Å². The molecule has 0 unspecified atom stereocenters. The minimum Gasteiger partial charge on any atom is -0.435 e. The molecule has 3 heteroatoms. The van der Waals surface area contributed by atoms with E-state index in [9.17, 15) is 0 Å². The number of oxazole rings is 1. The van der Waals surface area contributed by atoms with Crippen molar-refractivity contribution in [1.82, 2.24) is 9.97 Å². The van der Waals surface area contributed by atoms with Gasteiger partial charge in [0.05, 0.1) is 11.2 Å². The Labute approximate surface area is 418 Å². The smallest absolute Gasteiger partial charge is 0.227 e. The predicted octanol–water partition coefficient (Wildman–Crippen LogP) is 19.4. The molecule has 0 aliphatic heterocycles. The van der Waals surface area contributed by atoms with Crippen LogP contribution in [0.2, 0.25) is 0 Å². The van der Waals surface area contributed by atoms with Gasteiger partial charge in [-0.2, -0.15) is 0 Å². The van der Waals surface area contributed by atoms with Crippen molar-refractivity contribution in [2.24, 2.45) is 0 Å². The Morgan fingerprint density at radius 1 is 0.219 bits per heavy atom. The summed E-state index contributed by atoms with van der Waals surface area (Å²) >= 11 is 0. The fourth-order valence-corrected chi connectivity index (χ4v) is 12.3. The van der Waals surface area contributed by atoms with Crippen LogP contribution in [0.15, 0.2) is 247 Å². The molecule has 14 aromatic carbocycles. The number of pyridine rings is 1. The van der Waals surface area contributed by atoms with E-state index in [1.165, 1.54) is 81.1 Å². The molecule has 0 aliphatic rings. The van der Waals surface area contributed by atoms with Crippen LogP contribution in [0.5, 0.6) is 0 Å². The van der Waals surface area contributed by atoms with Crippen molar-refractivity contribution in [2.75, 3.05) is 0 Å². The lowest BCUT2D eigenvalue weighted by Gasteiger charge is -2.17. The summed E-state index contributed by atoms with van der Waals surface area (Å²) in [5, 5.41) is 22.9. The number of aromatic nitrogens is 2. The molecule has 16 aromatic rings. The van der Waals surface area contributed by atoms with Crippen LogP contribution < -0.4 is 0 Å². The van der Waals surface area contributed by atoms with Crippen LogP contribution in [-0.2, 0) is 0 Å². The number of hydrogen-bond acceptors (Lipinski definition) is 3. The first-order valence-electron chi connectivity index (χ1n) is 25.0. The Balaban J connectivity index is 0.935. The zero-order valence-electron chi connectivity index (χ0n) is 39.4. The summed E-state index contributed by atoms with van der Waals surface area (Å²) in [6.07, 6.45) is 0. The summed E-state index contributed by atoms with van der Waals surface area (Å²) < 4.78 is 6.73. The molecule has 0 saturated carbocycles. The van der Waals surface area contributed by atoms with Gasteiger partial charge in [0.1, 0.15) is 5.52 Å². The highest BCUT2D eigenvalue weighted by Gasteiger charge is 2.20. The Morgan fingerprint density at radius 2 is 0.575 bits per heavy atom. The van der Waals surface area contributed by atoms with Gasteiger partial charge in [0.2, 0.25) is 5.89 Å². The number of hydrogen-bond donors (Lipinski definition) is 0. The highest BCUT2D eigenvalue weighted by atomic mass is 16.3. The van der Waals surface area contributed by atoms with Gasteiger partial charge in [0.25, 0.3) is 0 Å². The van der Waals surface area contributed by atoms with E-state index in [-0.39, 0.29) is 0 Å². The molecule has 0 bridgehead atoms. The Hall–Kier alpha value is -9.70. The summed E-state index contributed by atoms with van der Waals surface area (Å²) in [5.41, 5.74) is 10.1. The molecule has 0 N–H and O–H groups in total. The largest absolute Gasteiger partial charge is 0.435 e. The summed E-state index contributed by atoms with van der Waals surface area (Å²) in [7, 11) is 0. The van der Waals surface area contributed by atoms with Crippen LogP contribution in [0, 0.1) is 0 Å². The minimum atomic E-state index is 0.601. The van der Waals surface area contributed by atoms with Crippen molar-refractivity contribution >= 4 is 119 Å². The molecule has 0 radical (unpaired) electrons. The fourth-order valence-electron chi connectivity index (χ4n) is 12.3. The lowest BCUT2D eigenvalue weighted by Crippen LogP contribution is -1.94. The number of nitrogens with zero attached hydrogens (tertiary/aromatic N) is 2. The van der Waals surface area contributed by atoms with Gasteiger partial charge in [-0.15, -0.1) is 0 Å². The summed E-state index contributed by atoms with van der Waals surface area (Å²) in [6, 6.07) is 88.3. The Morgan fingerprint density at radius 3 is 1.11 bits per heavy atom. The molecule has 73 heavy (non-hydrogen) atoms. The van der Waals surface area contributed by atoms with Crippen LogP contribution in [-0.4, -0.2) is 9.97 Å². The highest BCUT2D eigenvalue weighted by Crippen LogP contribution is 2.45. The standard InChI is InChI=1S/C70H40N2O/c1-3-19-49-45(15-1)47-17-5-7-23-53(47)63-37-43(33-35-56(49)63)61-39-65-62(41-29-31-42(32-30-41)70-72-68-59-27-13-9-21-51(59)52-22-11-14-28-60(52)69(68)73-70)40-66(71-67(65)58-26-12-10-25-55(58)61)44-34-36-57-50-20-4-2-16-46(50)48-18-6-8-24-54(48)64(57)38-44/h1-40H. The third-order valence-electron chi connectivity index (χ3n) is 15.6. The first kappa shape index (κ1) is 40.1. The van der Waals surface area contributed by atoms with E-state index in [1.54, 1.807) is 0 Å². The van der Waals surface area contributed by atoms with Crippen molar-refractivity contribution in [3.63, 3.8) is 0 Å². The molecule has 2 heterocycles. The molecular weight excluding hydrogens is 885 g/mol. The maximum atomic E-state index is 6.73. The molecule has 336 valence electrons. The van der Waals surface area contributed by atoms with Gasteiger partial charge in [0, 0.05) is 32.7 Å². The van der Waals surface area contributed by atoms with Gasteiger partial charge < -0.3 is 4.42 Å². The molecule has 0 atom stereocenters. The van der Waals surface area contributed by atoms with E-state index in [1.807, 2.05) is 0 Å². The average Bonchev–Trinajstić information content (AvgIpc) is 3.93. The van der Waals surface area contributed by atoms with Crippen LogP contribution in [0.25, 0.3) is 164 Å². The Kier molecular flexibility index (Phi) is 8.45. The highest BCUT2D eigenvalue weighted by molar-refractivity contribution is 6.28. The lowest BCUT2D eigenvalue weighted by atomic mass is 9.88. The first-order chi connectivity index (χ1) is 36.2. The molecule has 0 amide bonds. The molecular formula is C70H40N2O. The van der Waals surface area contributed by atoms with E-state index >= 15 is 0 Å². The normalized spacial score (nSPS) is 12.1.